The van der Waals surface area contributed by atoms with E-state index in [9.17, 15) is 4.79 Å². The zero-order chi connectivity index (χ0) is 32.5. The average molecular weight is 630 g/mol. The molecule has 0 radical (unpaired) electrons. The lowest BCUT2D eigenvalue weighted by atomic mass is 9.98. The molecule has 9 aromatic rings. The molecule has 3 heterocycles. The van der Waals surface area contributed by atoms with E-state index in [-0.39, 0.29) is 5.56 Å². The van der Waals surface area contributed by atoms with E-state index in [1.54, 1.807) is 0 Å². The standard InChI is InChI=1S/C45H31N3O/c49-45-44-43(30-14-4-1-5-15-30)37-29-32(25-27-40(37)48(44)42-23-13-12-22-41(42)47(45)34-18-8-3-9-19-34)31-24-26-39-36(28-31)35-20-10-11-21-38(35)46(39)33-16-6-2-7-17-33/h1-2,4-8,10-29H,3,9H2. The predicted molar refractivity (Wildman–Crippen MR) is 205 cm³/mol. The van der Waals surface area contributed by atoms with Gasteiger partial charge in [0.25, 0.3) is 5.56 Å². The fourth-order valence-corrected chi connectivity index (χ4v) is 7.91. The summed E-state index contributed by atoms with van der Waals surface area (Å²) < 4.78 is 6.43. The van der Waals surface area contributed by atoms with Crippen LogP contribution in [0.25, 0.3) is 82.9 Å². The van der Waals surface area contributed by atoms with Crippen LogP contribution in [0.3, 0.4) is 0 Å². The van der Waals surface area contributed by atoms with Gasteiger partial charge in [0.05, 0.1) is 27.6 Å². The number of aromatic nitrogens is 3. The summed E-state index contributed by atoms with van der Waals surface area (Å²) in [5.74, 6) is 0. The monoisotopic (exact) mass is 629 g/mol. The molecule has 0 saturated carbocycles. The van der Waals surface area contributed by atoms with Crippen molar-refractivity contribution in [2.24, 2.45) is 0 Å². The first kappa shape index (κ1) is 27.7. The smallest absolute Gasteiger partial charge is 0.280 e. The summed E-state index contributed by atoms with van der Waals surface area (Å²) in [5, 5.41) is 3.50. The summed E-state index contributed by atoms with van der Waals surface area (Å²) in [4.78, 5) is 14.8. The van der Waals surface area contributed by atoms with Crippen LogP contribution in [0.5, 0.6) is 0 Å². The van der Waals surface area contributed by atoms with Gasteiger partial charge in [-0.2, -0.15) is 0 Å². The molecule has 0 saturated heterocycles. The van der Waals surface area contributed by atoms with Gasteiger partial charge in [-0.05, 0) is 90.2 Å². The third-order valence-electron chi connectivity index (χ3n) is 10.1. The Labute approximate surface area is 282 Å². The summed E-state index contributed by atoms with van der Waals surface area (Å²) in [6.45, 7) is 0. The third-order valence-corrected chi connectivity index (χ3v) is 10.1. The lowest BCUT2D eigenvalue weighted by molar-refractivity contribution is 0.989. The molecule has 0 spiro atoms. The fraction of sp³-hybridized carbons (Fsp3) is 0.0444. The van der Waals surface area contributed by atoms with Gasteiger partial charge in [0, 0.05) is 33.1 Å². The minimum atomic E-state index is -0.0109. The van der Waals surface area contributed by atoms with Gasteiger partial charge in [-0.3, -0.25) is 9.36 Å². The van der Waals surface area contributed by atoms with Crippen LogP contribution in [0.2, 0.25) is 0 Å². The van der Waals surface area contributed by atoms with E-state index in [1.165, 1.54) is 21.8 Å². The lowest BCUT2D eigenvalue weighted by Gasteiger charge is -2.16. The number of allylic oxidation sites excluding steroid dienone is 4. The molecule has 1 aliphatic carbocycles. The van der Waals surface area contributed by atoms with Crippen molar-refractivity contribution in [3.8, 4) is 27.9 Å². The third kappa shape index (κ3) is 4.14. The molecule has 10 rings (SSSR count). The molecule has 0 N–H and O–H groups in total. The summed E-state index contributed by atoms with van der Waals surface area (Å²) in [7, 11) is 0. The van der Waals surface area contributed by atoms with E-state index in [2.05, 4.69) is 161 Å². The highest BCUT2D eigenvalue weighted by atomic mass is 16.1. The van der Waals surface area contributed by atoms with Gasteiger partial charge < -0.3 is 8.97 Å². The van der Waals surface area contributed by atoms with E-state index in [1.807, 2.05) is 16.7 Å². The van der Waals surface area contributed by atoms with Crippen molar-refractivity contribution in [1.82, 2.24) is 13.5 Å². The lowest BCUT2D eigenvalue weighted by Crippen LogP contribution is -2.22. The van der Waals surface area contributed by atoms with Crippen LogP contribution in [0.1, 0.15) is 12.8 Å². The molecule has 49 heavy (non-hydrogen) atoms. The predicted octanol–water partition coefficient (Wildman–Crippen LogP) is 11.0. The number of benzene rings is 6. The Morgan fingerprint density at radius 2 is 1.10 bits per heavy atom. The Balaban J connectivity index is 1.27. The van der Waals surface area contributed by atoms with Crippen LogP contribution in [0.15, 0.2) is 169 Å². The van der Waals surface area contributed by atoms with Crippen molar-refractivity contribution in [3.63, 3.8) is 0 Å². The second-order valence-electron chi connectivity index (χ2n) is 12.8. The molecule has 0 aliphatic heterocycles. The van der Waals surface area contributed by atoms with Gasteiger partial charge >= 0.3 is 0 Å². The first-order valence-electron chi connectivity index (χ1n) is 16.9. The summed E-state index contributed by atoms with van der Waals surface area (Å²) in [6, 6.07) is 51.3. The molecule has 232 valence electrons. The average Bonchev–Trinajstić information content (AvgIpc) is 3.69. The molecular weight excluding hydrogens is 599 g/mol. The van der Waals surface area contributed by atoms with Crippen molar-refractivity contribution in [1.29, 1.82) is 0 Å². The summed E-state index contributed by atoms with van der Waals surface area (Å²) in [5.41, 5.74) is 12.3. The van der Waals surface area contributed by atoms with E-state index in [0.29, 0.717) is 5.52 Å². The molecule has 6 aromatic carbocycles. The zero-order valence-corrected chi connectivity index (χ0v) is 26.8. The molecule has 3 aromatic heterocycles. The zero-order valence-electron chi connectivity index (χ0n) is 26.8. The number of nitrogens with zero attached hydrogens (tertiary/aromatic N) is 3. The molecule has 4 nitrogen and oxygen atoms in total. The van der Waals surface area contributed by atoms with Gasteiger partial charge in [-0.25, -0.2) is 0 Å². The molecular formula is C45H31N3O. The van der Waals surface area contributed by atoms with Crippen LogP contribution in [0.4, 0.5) is 0 Å². The number of para-hydroxylation sites is 4. The number of hydrogen-bond acceptors (Lipinski definition) is 1. The Bertz CT molecular complexity index is 2880. The highest BCUT2D eigenvalue weighted by Crippen LogP contribution is 2.40. The van der Waals surface area contributed by atoms with Crippen LogP contribution < -0.4 is 5.56 Å². The molecule has 0 fully saturated rings. The number of rotatable bonds is 4. The van der Waals surface area contributed by atoms with Crippen LogP contribution >= 0.6 is 0 Å². The van der Waals surface area contributed by atoms with Gasteiger partial charge in [-0.1, -0.05) is 103 Å². The van der Waals surface area contributed by atoms with Gasteiger partial charge in [0.1, 0.15) is 5.52 Å². The normalized spacial score (nSPS) is 13.3. The second-order valence-corrected chi connectivity index (χ2v) is 12.8. The second kappa shape index (κ2) is 10.8. The van der Waals surface area contributed by atoms with E-state index in [0.717, 1.165) is 68.4 Å². The molecule has 0 atom stereocenters. The number of hydrogen-bond donors (Lipinski definition) is 0. The topological polar surface area (TPSA) is 31.3 Å². The minimum absolute atomic E-state index is 0.0109. The van der Waals surface area contributed by atoms with Crippen LogP contribution in [0, 0.1) is 0 Å². The first-order chi connectivity index (χ1) is 24.3. The SMILES string of the molecule is O=c1c2c(-c3ccccc3)c3cc(-c4ccc5c(c4)c4ccccc4n5-c4ccccc4)ccc3n2c2ccccc2n1C1=CCCC=C1. The molecule has 0 amide bonds. The van der Waals surface area contributed by atoms with Crippen molar-refractivity contribution >= 4 is 55.0 Å². The largest absolute Gasteiger partial charge is 0.309 e. The van der Waals surface area contributed by atoms with Crippen LogP contribution in [-0.2, 0) is 0 Å². The maximum Gasteiger partial charge on any atom is 0.280 e. The maximum absolute atomic E-state index is 14.8. The van der Waals surface area contributed by atoms with E-state index >= 15 is 0 Å². The Kier molecular flexibility index (Phi) is 6.12. The molecule has 0 unspecified atom stereocenters. The fourth-order valence-electron chi connectivity index (χ4n) is 7.91. The number of fused-ring (bicyclic) bond motifs is 8. The summed E-state index contributed by atoms with van der Waals surface area (Å²) in [6.07, 6.45) is 8.34. The molecule has 1 aliphatic rings. The highest BCUT2D eigenvalue weighted by molar-refractivity contribution is 6.12. The Hall–Kier alpha value is -6.39. The van der Waals surface area contributed by atoms with Gasteiger partial charge in [0.2, 0.25) is 0 Å². The Morgan fingerprint density at radius 1 is 0.469 bits per heavy atom. The van der Waals surface area contributed by atoms with Crippen molar-refractivity contribution in [2.45, 2.75) is 12.8 Å². The first-order valence-corrected chi connectivity index (χ1v) is 16.9. The van der Waals surface area contributed by atoms with Crippen molar-refractivity contribution in [3.05, 3.63) is 174 Å². The van der Waals surface area contributed by atoms with Gasteiger partial charge in [0.15, 0.2) is 0 Å². The minimum Gasteiger partial charge on any atom is -0.309 e. The van der Waals surface area contributed by atoms with Crippen molar-refractivity contribution in [2.75, 3.05) is 0 Å². The summed E-state index contributed by atoms with van der Waals surface area (Å²) >= 11 is 0. The van der Waals surface area contributed by atoms with E-state index < -0.39 is 0 Å². The highest BCUT2D eigenvalue weighted by Gasteiger charge is 2.23. The Morgan fingerprint density at radius 3 is 1.86 bits per heavy atom. The maximum atomic E-state index is 14.8. The van der Waals surface area contributed by atoms with Gasteiger partial charge in [-0.15, -0.1) is 0 Å². The molecule has 0 bridgehead atoms. The van der Waals surface area contributed by atoms with E-state index in [4.69, 9.17) is 0 Å². The molecule has 4 heteroatoms. The van der Waals surface area contributed by atoms with Crippen LogP contribution in [-0.4, -0.2) is 13.5 Å². The van der Waals surface area contributed by atoms with Crippen molar-refractivity contribution < 1.29 is 0 Å². The quantitative estimate of drug-likeness (QED) is 0.191.